The lowest BCUT2D eigenvalue weighted by Gasteiger charge is -2.35. The van der Waals surface area contributed by atoms with Gasteiger partial charge in [-0.2, -0.15) is 0 Å². The molecule has 1 unspecified atom stereocenters. The van der Waals surface area contributed by atoms with Crippen LogP contribution in [0.15, 0.2) is 35.3 Å². The van der Waals surface area contributed by atoms with Crippen molar-refractivity contribution in [2.75, 3.05) is 13.1 Å². The van der Waals surface area contributed by atoms with Gasteiger partial charge in [0.15, 0.2) is 5.96 Å². The molecule has 0 saturated carbocycles. The van der Waals surface area contributed by atoms with Gasteiger partial charge in [-0.25, -0.2) is 0 Å². The molecule has 2 N–H and O–H groups in total. The average Bonchev–Trinajstić information content (AvgIpc) is 2.55. The summed E-state index contributed by atoms with van der Waals surface area (Å²) in [5.41, 5.74) is 7.28. The number of likely N-dealkylation sites (N-methyl/N-ethyl adjacent to an activating group) is 1. The molecule has 0 bridgehead atoms. The smallest absolute Gasteiger partial charge is 0.191 e. The third kappa shape index (κ3) is 1.90. The minimum absolute atomic E-state index is 0.0419. The molecular weight excluding hydrogens is 198 g/mol. The summed E-state index contributed by atoms with van der Waals surface area (Å²) >= 11 is 0. The molecule has 0 fully saturated rings. The van der Waals surface area contributed by atoms with Gasteiger partial charge < -0.3 is 10.6 Å². The Morgan fingerprint density at radius 3 is 2.69 bits per heavy atom. The summed E-state index contributed by atoms with van der Waals surface area (Å²) in [7, 11) is 0. The van der Waals surface area contributed by atoms with Gasteiger partial charge in [0.2, 0.25) is 0 Å². The second-order valence-corrected chi connectivity index (χ2v) is 4.58. The Balaban J connectivity index is 2.16. The van der Waals surface area contributed by atoms with E-state index in [1.165, 1.54) is 5.56 Å². The molecule has 2 rings (SSSR count). The van der Waals surface area contributed by atoms with E-state index >= 15 is 0 Å². The number of nitrogens with two attached hydrogens (primary N) is 1. The van der Waals surface area contributed by atoms with E-state index in [0.29, 0.717) is 5.96 Å². The molecule has 1 atom stereocenters. The van der Waals surface area contributed by atoms with E-state index < -0.39 is 0 Å². The van der Waals surface area contributed by atoms with Gasteiger partial charge in [-0.15, -0.1) is 0 Å². The molecule has 1 aliphatic rings. The first-order valence-corrected chi connectivity index (χ1v) is 5.77. The van der Waals surface area contributed by atoms with Crippen molar-refractivity contribution in [3.8, 4) is 0 Å². The van der Waals surface area contributed by atoms with Gasteiger partial charge in [0.1, 0.15) is 0 Å². The highest BCUT2D eigenvalue weighted by Gasteiger charge is 2.36. The maximum atomic E-state index is 5.89. The van der Waals surface area contributed by atoms with Crippen LogP contribution < -0.4 is 5.73 Å². The lowest BCUT2D eigenvalue weighted by atomic mass is 9.92. The fraction of sp³-hybridized carbons (Fsp3) is 0.462. The van der Waals surface area contributed by atoms with Gasteiger partial charge in [0.25, 0.3) is 0 Å². The molecule has 1 heterocycles. The zero-order chi connectivity index (χ0) is 11.6. The number of benzene rings is 1. The first-order chi connectivity index (χ1) is 7.65. The zero-order valence-electron chi connectivity index (χ0n) is 9.98. The molecule has 3 nitrogen and oxygen atoms in total. The summed E-state index contributed by atoms with van der Waals surface area (Å²) in [6, 6.07) is 10.5. The van der Waals surface area contributed by atoms with Gasteiger partial charge in [0, 0.05) is 6.54 Å². The van der Waals surface area contributed by atoms with E-state index in [9.17, 15) is 0 Å². The summed E-state index contributed by atoms with van der Waals surface area (Å²) in [5.74, 6) is 0.681. The van der Waals surface area contributed by atoms with Crippen LogP contribution in [-0.2, 0) is 6.42 Å². The van der Waals surface area contributed by atoms with Gasteiger partial charge in [-0.1, -0.05) is 30.3 Å². The lowest BCUT2D eigenvalue weighted by Crippen LogP contribution is -2.50. The van der Waals surface area contributed by atoms with Crippen molar-refractivity contribution in [3.05, 3.63) is 35.9 Å². The molecule has 0 radical (unpaired) electrons. The van der Waals surface area contributed by atoms with Crippen LogP contribution >= 0.6 is 0 Å². The van der Waals surface area contributed by atoms with Gasteiger partial charge in [-0.3, -0.25) is 4.99 Å². The van der Waals surface area contributed by atoms with Crippen molar-refractivity contribution in [3.63, 3.8) is 0 Å². The second kappa shape index (κ2) is 4.16. The average molecular weight is 217 g/mol. The van der Waals surface area contributed by atoms with Crippen molar-refractivity contribution in [1.29, 1.82) is 0 Å². The van der Waals surface area contributed by atoms with Crippen LogP contribution in [0.1, 0.15) is 19.4 Å². The molecule has 16 heavy (non-hydrogen) atoms. The van der Waals surface area contributed by atoms with Crippen LogP contribution in [0.2, 0.25) is 0 Å². The largest absolute Gasteiger partial charge is 0.370 e. The van der Waals surface area contributed by atoms with E-state index in [1.807, 2.05) is 6.07 Å². The van der Waals surface area contributed by atoms with Crippen LogP contribution in [0.25, 0.3) is 0 Å². The molecule has 86 valence electrons. The Morgan fingerprint density at radius 2 is 2.06 bits per heavy atom. The minimum atomic E-state index is 0.0419. The summed E-state index contributed by atoms with van der Waals surface area (Å²) < 4.78 is 0. The fourth-order valence-electron chi connectivity index (χ4n) is 2.43. The first-order valence-electron chi connectivity index (χ1n) is 5.77. The van der Waals surface area contributed by atoms with Gasteiger partial charge in [0.05, 0.1) is 12.1 Å². The number of hydrogen-bond donors (Lipinski definition) is 1. The van der Waals surface area contributed by atoms with Crippen LogP contribution in [0, 0.1) is 0 Å². The van der Waals surface area contributed by atoms with Crippen molar-refractivity contribution < 1.29 is 0 Å². The van der Waals surface area contributed by atoms with Crippen LogP contribution in [0.5, 0.6) is 0 Å². The Labute approximate surface area is 97.0 Å². The van der Waals surface area contributed by atoms with Gasteiger partial charge >= 0.3 is 0 Å². The van der Waals surface area contributed by atoms with Crippen LogP contribution in [-0.4, -0.2) is 29.5 Å². The third-order valence-corrected chi connectivity index (χ3v) is 3.25. The predicted octanol–water partition coefficient (Wildman–Crippen LogP) is 1.64. The van der Waals surface area contributed by atoms with Crippen molar-refractivity contribution in [2.24, 2.45) is 10.7 Å². The highest BCUT2D eigenvalue weighted by atomic mass is 15.3. The molecule has 1 aromatic carbocycles. The quantitative estimate of drug-likeness (QED) is 0.836. The SMILES string of the molecule is CCN1C(N)=NCC1(C)Cc1ccccc1. The Kier molecular flexibility index (Phi) is 2.86. The predicted molar refractivity (Wildman–Crippen MR) is 67.4 cm³/mol. The number of rotatable bonds is 3. The molecule has 1 aromatic rings. The molecule has 0 amide bonds. The summed E-state index contributed by atoms with van der Waals surface area (Å²) in [6.45, 7) is 6.06. The fourth-order valence-corrected chi connectivity index (χ4v) is 2.43. The Bertz CT molecular complexity index is 385. The topological polar surface area (TPSA) is 41.6 Å². The Hall–Kier alpha value is -1.51. The summed E-state index contributed by atoms with van der Waals surface area (Å²) in [4.78, 5) is 6.55. The molecule has 0 saturated heterocycles. The van der Waals surface area contributed by atoms with Crippen LogP contribution in [0.4, 0.5) is 0 Å². The Morgan fingerprint density at radius 1 is 1.38 bits per heavy atom. The number of guanidine groups is 1. The zero-order valence-corrected chi connectivity index (χ0v) is 9.98. The lowest BCUT2D eigenvalue weighted by molar-refractivity contribution is 0.230. The molecule has 0 aliphatic carbocycles. The summed E-state index contributed by atoms with van der Waals surface area (Å²) in [5, 5.41) is 0. The molecule has 0 spiro atoms. The normalized spacial score (nSPS) is 24.6. The minimum Gasteiger partial charge on any atom is -0.370 e. The first kappa shape index (κ1) is 11.0. The number of aliphatic imine (C=N–C) groups is 1. The van der Waals surface area contributed by atoms with E-state index in [2.05, 4.69) is 48.0 Å². The molecule has 3 heteroatoms. The summed E-state index contributed by atoms with van der Waals surface area (Å²) in [6.07, 6.45) is 0.992. The standard InChI is InChI=1S/C13H19N3/c1-3-16-12(14)15-10-13(16,2)9-11-7-5-4-6-8-11/h4-8H,3,9-10H2,1-2H3,(H2,14,15). The molecular formula is C13H19N3. The molecule has 1 aliphatic heterocycles. The van der Waals surface area contributed by atoms with Crippen molar-refractivity contribution >= 4 is 5.96 Å². The maximum absolute atomic E-state index is 5.89. The number of nitrogens with zero attached hydrogens (tertiary/aromatic N) is 2. The van der Waals surface area contributed by atoms with E-state index in [-0.39, 0.29) is 5.54 Å². The van der Waals surface area contributed by atoms with Crippen LogP contribution in [0.3, 0.4) is 0 Å². The monoisotopic (exact) mass is 217 g/mol. The van der Waals surface area contributed by atoms with Crippen molar-refractivity contribution in [2.45, 2.75) is 25.8 Å². The van der Waals surface area contributed by atoms with Gasteiger partial charge in [-0.05, 0) is 25.8 Å². The highest BCUT2D eigenvalue weighted by molar-refractivity contribution is 5.81. The van der Waals surface area contributed by atoms with E-state index in [0.717, 1.165) is 19.5 Å². The van der Waals surface area contributed by atoms with Crippen molar-refractivity contribution in [1.82, 2.24) is 4.90 Å². The van der Waals surface area contributed by atoms with E-state index in [1.54, 1.807) is 0 Å². The number of hydrogen-bond acceptors (Lipinski definition) is 3. The maximum Gasteiger partial charge on any atom is 0.191 e. The highest BCUT2D eigenvalue weighted by Crippen LogP contribution is 2.25. The molecule has 0 aromatic heterocycles. The van der Waals surface area contributed by atoms with E-state index in [4.69, 9.17) is 5.73 Å². The third-order valence-electron chi connectivity index (χ3n) is 3.25. The second-order valence-electron chi connectivity index (χ2n) is 4.58.